The molecule has 0 radical (unpaired) electrons. The van der Waals surface area contributed by atoms with Crippen molar-refractivity contribution >= 4 is 5.97 Å². The third-order valence-electron chi connectivity index (χ3n) is 3.74. The largest absolute Gasteiger partial charge is 0.456 e. The average Bonchev–Trinajstić information content (AvgIpc) is 2.47. The van der Waals surface area contributed by atoms with E-state index in [0.717, 1.165) is 31.2 Å². The lowest BCUT2D eigenvalue weighted by molar-refractivity contribution is -0.152. The van der Waals surface area contributed by atoms with Gasteiger partial charge in [0, 0.05) is 13.7 Å². The Bertz CT molecular complexity index is 447. The van der Waals surface area contributed by atoms with Crippen molar-refractivity contribution in [2.24, 2.45) is 5.73 Å². The number of carbonyl (C=O) groups is 1. The fourth-order valence-electron chi connectivity index (χ4n) is 2.62. The molecule has 0 aliphatic heterocycles. The van der Waals surface area contributed by atoms with Crippen LogP contribution < -0.4 is 5.73 Å². The SMILES string of the molecule is COCCCC(N)C(=O)OC1CCCc2ccccc21. The Morgan fingerprint density at radius 3 is 3.05 bits per heavy atom. The van der Waals surface area contributed by atoms with Gasteiger partial charge in [-0.2, -0.15) is 0 Å². The molecular formula is C16H23NO3. The summed E-state index contributed by atoms with van der Waals surface area (Å²) in [5.74, 6) is -0.303. The monoisotopic (exact) mass is 277 g/mol. The van der Waals surface area contributed by atoms with Crippen molar-refractivity contribution < 1.29 is 14.3 Å². The van der Waals surface area contributed by atoms with Crippen LogP contribution in [0.2, 0.25) is 0 Å². The first-order valence-corrected chi connectivity index (χ1v) is 7.25. The van der Waals surface area contributed by atoms with E-state index in [1.807, 2.05) is 18.2 Å². The Hall–Kier alpha value is -1.39. The van der Waals surface area contributed by atoms with Crippen LogP contribution in [0.1, 0.15) is 42.9 Å². The topological polar surface area (TPSA) is 61.5 Å². The van der Waals surface area contributed by atoms with E-state index in [1.54, 1.807) is 7.11 Å². The van der Waals surface area contributed by atoms with Gasteiger partial charge in [0.05, 0.1) is 0 Å². The molecule has 1 aromatic rings. The first-order valence-electron chi connectivity index (χ1n) is 7.25. The van der Waals surface area contributed by atoms with Gasteiger partial charge in [0.2, 0.25) is 0 Å². The van der Waals surface area contributed by atoms with Crippen molar-refractivity contribution in [1.82, 2.24) is 0 Å². The molecule has 4 heteroatoms. The summed E-state index contributed by atoms with van der Waals surface area (Å²) >= 11 is 0. The minimum atomic E-state index is -0.556. The van der Waals surface area contributed by atoms with Gasteiger partial charge in [-0.25, -0.2) is 0 Å². The van der Waals surface area contributed by atoms with E-state index in [2.05, 4.69) is 6.07 Å². The molecule has 0 heterocycles. The van der Waals surface area contributed by atoms with Crippen LogP contribution in [0.15, 0.2) is 24.3 Å². The number of hydrogen-bond donors (Lipinski definition) is 1. The number of fused-ring (bicyclic) bond motifs is 1. The maximum Gasteiger partial charge on any atom is 0.323 e. The highest BCUT2D eigenvalue weighted by Gasteiger charge is 2.25. The molecule has 0 amide bonds. The maximum absolute atomic E-state index is 12.0. The van der Waals surface area contributed by atoms with Crippen molar-refractivity contribution in [3.63, 3.8) is 0 Å². The van der Waals surface area contributed by atoms with E-state index in [4.69, 9.17) is 15.2 Å². The zero-order valence-electron chi connectivity index (χ0n) is 12.0. The predicted molar refractivity (Wildman–Crippen MR) is 77.3 cm³/mol. The molecule has 0 saturated heterocycles. The number of hydrogen-bond acceptors (Lipinski definition) is 4. The maximum atomic E-state index is 12.0. The second-order valence-corrected chi connectivity index (χ2v) is 5.26. The van der Waals surface area contributed by atoms with Crippen LogP contribution in [0.5, 0.6) is 0 Å². The Morgan fingerprint density at radius 2 is 2.25 bits per heavy atom. The van der Waals surface area contributed by atoms with Crippen LogP contribution in [0.4, 0.5) is 0 Å². The number of nitrogens with two attached hydrogens (primary N) is 1. The van der Waals surface area contributed by atoms with Crippen LogP contribution in [-0.2, 0) is 20.7 Å². The number of aryl methyl sites for hydroxylation is 1. The molecule has 2 rings (SSSR count). The summed E-state index contributed by atoms with van der Waals surface area (Å²) in [7, 11) is 1.64. The molecule has 1 aliphatic rings. The van der Waals surface area contributed by atoms with E-state index in [-0.39, 0.29) is 12.1 Å². The fraction of sp³-hybridized carbons (Fsp3) is 0.562. The minimum Gasteiger partial charge on any atom is -0.456 e. The van der Waals surface area contributed by atoms with E-state index in [0.29, 0.717) is 13.0 Å². The molecular weight excluding hydrogens is 254 g/mol. The fourth-order valence-corrected chi connectivity index (χ4v) is 2.62. The molecule has 0 aromatic heterocycles. The van der Waals surface area contributed by atoms with Gasteiger partial charge < -0.3 is 15.2 Å². The molecule has 0 spiro atoms. The molecule has 2 atom stereocenters. The highest BCUT2D eigenvalue weighted by atomic mass is 16.5. The van der Waals surface area contributed by atoms with E-state index in [1.165, 1.54) is 5.56 Å². The quantitative estimate of drug-likeness (QED) is 0.640. The summed E-state index contributed by atoms with van der Waals surface area (Å²) in [6.45, 7) is 0.618. The number of ether oxygens (including phenoxy) is 2. The van der Waals surface area contributed by atoms with Gasteiger partial charge >= 0.3 is 5.97 Å². The van der Waals surface area contributed by atoms with Crippen molar-refractivity contribution in [2.75, 3.05) is 13.7 Å². The summed E-state index contributed by atoms with van der Waals surface area (Å²) in [5, 5.41) is 0. The zero-order valence-corrected chi connectivity index (χ0v) is 12.0. The first kappa shape index (κ1) is 15.0. The molecule has 0 fully saturated rings. The van der Waals surface area contributed by atoms with Gasteiger partial charge in [-0.1, -0.05) is 24.3 Å². The summed E-state index contributed by atoms with van der Waals surface area (Å²) in [4.78, 5) is 12.0. The van der Waals surface area contributed by atoms with Crippen LogP contribution >= 0.6 is 0 Å². The second kappa shape index (κ2) is 7.41. The molecule has 0 saturated carbocycles. The van der Waals surface area contributed by atoms with Crippen LogP contribution in [-0.4, -0.2) is 25.7 Å². The van der Waals surface area contributed by atoms with E-state index >= 15 is 0 Å². The van der Waals surface area contributed by atoms with Crippen molar-refractivity contribution in [2.45, 2.75) is 44.2 Å². The highest BCUT2D eigenvalue weighted by Crippen LogP contribution is 2.32. The summed E-state index contributed by atoms with van der Waals surface area (Å²) in [6, 6.07) is 7.61. The average molecular weight is 277 g/mol. The van der Waals surface area contributed by atoms with Crippen LogP contribution in [0.25, 0.3) is 0 Å². The summed E-state index contributed by atoms with van der Waals surface area (Å²) < 4.78 is 10.6. The van der Waals surface area contributed by atoms with Crippen molar-refractivity contribution in [3.05, 3.63) is 35.4 Å². The Balaban J connectivity index is 1.92. The lowest BCUT2D eigenvalue weighted by Crippen LogP contribution is -2.34. The normalized spacial score (nSPS) is 19.2. The van der Waals surface area contributed by atoms with Gasteiger partial charge in [0.1, 0.15) is 12.1 Å². The molecule has 2 N–H and O–H groups in total. The predicted octanol–water partition coefficient (Wildman–Crippen LogP) is 2.36. The third kappa shape index (κ3) is 3.81. The Kier molecular flexibility index (Phi) is 5.56. The lowest BCUT2D eigenvalue weighted by atomic mass is 9.89. The number of esters is 1. The van der Waals surface area contributed by atoms with Gasteiger partial charge in [0.25, 0.3) is 0 Å². The van der Waals surface area contributed by atoms with Gasteiger partial charge in [-0.05, 0) is 43.2 Å². The molecule has 20 heavy (non-hydrogen) atoms. The van der Waals surface area contributed by atoms with Crippen LogP contribution in [0.3, 0.4) is 0 Å². The van der Waals surface area contributed by atoms with Gasteiger partial charge in [0.15, 0.2) is 0 Å². The molecule has 1 aliphatic carbocycles. The zero-order chi connectivity index (χ0) is 14.4. The van der Waals surface area contributed by atoms with Gasteiger partial charge in [-0.15, -0.1) is 0 Å². The lowest BCUT2D eigenvalue weighted by Gasteiger charge is -2.26. The number of methoxy groups -OCH3 is 1. The second-order valence-electron chi connectivity index (χ2n) is 5.26. The minimum absolute atomic E-state index is 0.138. The summed E-state index contributed by atoms with van der Waals surface area (Å²) in [5.41, 5.74) is 8.28. The highest BCUT2D eigenvalue weighted by molar-refractivity contribution is 5.75. The van der Waals surface area contributed by atoms with Crippen molar-refractivity contribution in [3.8, 4) is 0 Å². The third-order valence-corrected chi connectivity index (χ3v) is 3.74. The molecule has 1 aromatic carbocycles. The number of carbonyl (C=O) groups excluding carboxylic acids is 1. The van der Waals surface area contributed by atoms with E-state index in [9.17, 15) is 4.79 Å². The standard InChI is InChI=1S/C16H23NO3/c1-19-11-5-9-14(17)16(18)20-15-10-4-7-12-6-2-3-8-13(12)15/h2-3,6,8,14-15H,4-5,7,9-11,17H2,1H3. The van der Waals surface area contributed by atoms with Gasteiger partial charge in [-0.3, -0.25) is 4.79 Å². The Morgan fingerprint density at radius 1 is 1.45 bits per heavy atom. The smallest absolute Gasteiger partial charge is 0.323 e. The van der Waals surface area contributed by atoms with Crippen LogP contribution in [0, 0.1) is 0 Å². The van der Waals surface area contributed by atoms with Crippen molar-refractivity contribution in [1.29, 1.82) is 0 Å². The number of benzene rings is 1. The summed E-state index contributed by atoms with van der Waals surface area (Å²) in [6.07, 6.45) is 4.22. The molecule has 0 bridgehead atoms. The first-order chi connectivity index (χ1) is 9.72. The Labute approximate surface area is 120 Å². The molecule has 110 valence electrons. The molecule has 2 unspecified atom stereocenters. The van der Waals surface area contributed by atoms with E-state index < -0.39 is 6.04 Å². The number of rotatable bonds is 6. The molecule has 4 nitrogen and oxygen atoms in total.